The second-order valence-electron chi connectivity index (χ2n) is 31.4. The predicted octanol–water partition coefficient (Wildman–Crippen LogP) is 28.5. The van der Waals surface area contributed by atoms with Crippen molar-refractivity contribution in [3.05, 3.63) is 438 Å². The summed E-state index contributed by atoms with van der Waals surface area (Å²) in [6.07, 6.45) is 0. The molecule has 0 saturated carbocycles. The van der Waals surface area contributed by atoms with Gasteiger partial charge in [-0.25, -0.2) is 0 Å². The van der Waals surface area contributed by atoms with E-state index in [4.69, 9.17) is 18.9 Å². The zero-order valence-corrected chi connectivity index (χ0v) is 70.5. The van der Waals surface area contributed by atoms with Crippen LogP contribution in [0.4, 0.5) is 68.2 Å². The Morgan fingerprint density at radius 2 is 0.492 bits per heavy atom. The molecule has 0 radical (unpaired) electrons. The van der Waals surface area contributed by atoms with E-state index >= 15 is 0 Å². The predicted molar refractivity (Wildman–Crippen MR) is 500 cm³/mol. The molecule has 10 nitrogen and oxygen atoms in total. The third kappa shape index (κ3) is 18.8. The summed E-state index contributed by atoms with van der Waals surface area (Å²) in [5.74, 6) is 4.33. The van der Waals surface area contributed by atoms with Crippen LogP contribution in [0.1, 0.15) is 75.6 Å². The van der Waals surface area contributed by atoms with Gasteiger partial charge < -0.3 is 43.1 Å². The number of carbonyl (C=O) groups excluding carboxylic acids is 1. The van der Waals surface area contributed by atoms with Crippen molar-refractivity contribution < 1.29 is 28.3 Å². The van der Waals surface area contributed by atoms with E-state index in [-0.39, 0.29) is 11.2 Å². The number of ether oxygens (including phenoxy) is 4. The summed E-state index contributed by atoms with van der Waals surface area (Å²) in [6, 6.07) is 132. The SMILES string of the molecule is COc1ccc(N(c2ccc(N(c3ccc(Oc4ccc(P(=O)(c5ccccc5)c5ccc(C)cc5)cc4)cc3)c3cc(C)cc(C)c3)cc2)c2cc(C)cc(C)c2)cc1.COc1ccc(N(c2ccccc2)c2ccc(N(c3ccc(Oc4ccc(C(=O)c5ccc(C)cc5)cc4)cc3)c3ccc(-c4ccc(C(C)(C)C)cc4)cc3)cc2)cc1. The van der Waals surface area contributed by atoms with Gasteiger partial charge in [-0.05, 0) is 329 Å². The molecule has 0 aliphatic rings. The van der Waals surface area contributed by atoms with Crippen LogP contribution in [0, 0.1) is 41.5 Å². The van der Waals surface area contributed by atoms with E-state index in [9.17, 15) is 9.36 Å². The van der Waals surface area contributed by atoms with E-state index in [0.717, 1.165) is 112 Å². The number of rotatable bonds is 24. The van der Waals surface area contributed by atoms with Gasteiger partial charge in [-0.15, -0.1) is 0 Å². The molecule has 0 aliphatic heterocycles. The Kier molecular flexibility index (Phi) is 24.4. The third-order valence-corrected chi connectivity index (χ3v) is 24.4. The molecule has 0 aromatic heterocycles. The standard InChI is InChI=1S/C55H48N2O3.C54H49N2O3P/c1-39-11-13-42(14-12-39)54(58)43-19-33-52(34-20-43)60-53-37-31-50(32-38-53)57(46-23-17-41(18-24-46)40-15-21-44(22-16-40)55(2,3)4)48-27-25-47(26-28-48)56(45-9-7-6-8-10-45)49-29-35-51(59-5)36-30-49;1-38-12-28-53(29-13-38)60(57,52-10-8-7-9-11-52)54-30-26-51(27-31-54)59-50-24-20-46(21-25-50)56(48-36-41(4)33-42(5)37-48)44-16-14-43(15-17-44)55(45-18-22-49(58-6)23-19-45)47-34-39(2)32-40(3)35-47/h6-38H,1-5H3;7-37H,1-6H3. The first-order valence-electron chi connectivity index (χ1n) is 40.4. The number of anilines is 12. The minimum Gasteiger partial charge on any atom is -0.497 e. The zero-order valence-electron chi connectivity index (χ0n) is 69.6. The van der Waals surface area contributed by atoms with Crippen LogP contribution in [0.2, 0.25) is 0 Å². The van der Waals surface area contributed by atoms with E-state index < -0.39 is 7.14 Å². The van der Waals surface area contributed by atoms with Crippen molar-refractivity contribution in [3.8, 4) is 45.6 Å². The topological polar surface area (TPSA) is 84.0 Å². The summed E-state index contributed by atoms with van der Waals surface area (Å²) >= 11 is 0. The largest absolute Gasteiger partial charge is 0.497 e. The van der Waals surface area contributed by atoms with E-state index in [2.05, 4.69) is 274 Å². The smallest absolute Gasteiger partial charge is 0.193 e. The molecule has 0 saturated heterocycles. The highest BCUT2D eigenvalue weighted by molar-refractivity contribution is 7.85. The highest BCUT2D eigenvalue weighted by Gasteiger charge is 2.30. The number of hydrogen-bond donors (Lipinski definition) is 0. The highest BCUT2D eigenvalue weighted by Crippen LogP contribution is 2.46. The lowest BCUT2D eigenvalue weighted by atomic mass is 9.86. The van der Waals surface area contributed by atoms with Crippen molar-refractivity contribution in [2.24, 2.45) is 0 Å². The molecule has 16 aromatic carbocycles. The number of nitrogens with zero attached hydrogens (tertiary/aromatic N) is 4. The van der Waals surface area contributed by atoms with Crippen LogP contribution >= 0.6 is 7.14 Å². The Labute approximate surface area is 706 Å². The second kappa shape index (κ2) is 36.1. The molecule has 0 heterocycles. The summed E-state index contributed by atoms with van der Waals surface area (Å²) in [7, 11) is 0.276. The Bertz CT molecular complexity index is 6150. The van der Waals surface area contributed by atoms with Gasteiger partial charge in [-0.1, -0.05) is 177 Å². The average molecular weight is 1590 g/mol. The number of methoxy groups -OCH3 is 2. The third-order valence-electron chi connectivity index (χ3n) is 21.4. The maximum absolute atomic E-state index is 15.0. The first kappa shape index (κ1) is 81.0. The second-order valence-corrected chi connectivity index (χ2v) is 34.1. The van der Waals surface area contributed by atoms with E-state index in [1.807, 2.05) is 196 Å². The first-order valence-corrected chi connectivity index (χ1v) is 42.1. The van der Waals surface area contributed by atoms with E-state index in [0.29, 0.717) is 34.1 Å². The molecule has 0 amide bonds. The van der Waals surface area contributed by atoms with Gasteiger partial charge in [-0.2, -0.15) is 0 Å². The molecule has 0 N–H and O–H groups in total. The van der Waals surface area contributed by atoms with Crippen LogP contribution in [0.3, 0.4) is 0 Å². The van der Waals surface area contributed by atoms with Crippen molar-refractivity contribution in [2.75, 3.05) is 33.8 Å². The van der Waals surface area contributed by atoms with Gasteiger partial charge in [0.15, 0.2) is 12.9 Å². The van der Waals surface area contributed by atoms with Crippen LogP contribution in [0.25, 0.3) is 11.1 Å². The lowest BCUT2D eigenvalue weighted by molar-refractivity contribution is 0.103. The fourth-order valence-electron chi connectivity index (χ4n) is 15.2. The zero-order chi connectivity index (χ0) is 83.4. The number of aryl methyl sites for hydroxylation is 6. The van der Waals surface area contributed by atoms with Crippen LogP contribution < -0.4 is 54.5 Å². The molecule has 594 valence electrons. The lowest BCUT2D eigenvalue weighted by Gasteiger charge is -2.29. The summed E-state index contributed by atoms with van der Waals surface area (Å²) in [6.45, 7) is 19.3. The molecule has 0 spiro atoms. The van der Waals surface area contributed by atoms with Gasteiger partial charge in [0.25, 0.3) is 0 Å². The summed E-state index contributed by atoms with van der Waals surface area (Å²) in [5, 5.41) is 2.37. The Morgan fingerprint density at radius 1 is 0.250 bits per heavy atom. The minimum atomic E-state index is -3.10. The molecule has 0 aliphatic carbocycles. The van der Waals surface area contributed by atoms with Crippen LogP contribution in [-0.4, -0.2) is 20.0 Å². The van der Waals surface area contributed by atoms with E-state index in [1.165, 1.54) is 33.4 Å². The van der Waals surface area contributed by atoms with Gasteiger partial charge >= 0.3 is 0 Å². The first-order chi connectivity index (χ1) is 58.2. The number of hydrogen-bond acceptors (Lipinski definition) is 10. The Balaban J connectivity index is 0.000000187. The Morgan fingerprint density at radius 3 is 0.825 bits per heavy atom. The van der Waals surface area contributed by atoms with Crippen molar-refractivity contribution in [3.63, 3.8) is 0 Å². The van der Waals surface area contributed by atoms with Gasteiger partial charge in [0.2, 0.25) is 0 Å². The minimum absolute atomic E-state index is 0.0148. The summed E-state index contributed by atoms with van der Waals surface area (Å²) in [5.41, 5.74) is 24.5. The van der Waals surface area contributed by atoms with Gasteiger partial charge in [0, 0.05) is 95.3 Å². The van der Waals surface area contributed by atoms with Crippen molar-refractivity contribution in [1.29, 1.82) is 0 Å². The maximum Gasteiger partial charge on any atom is 0.193 e. The lowest BCUT2D eigenvalue weighted by Crippen LogP contribution is -2.24. The normalized spacial score (nSPS) is 11.6. The monoisotopic (exact) mass is 1590 g/mol. The van der Waals surface area contributed by atoms with Gasteiger partial charge in [-0.3, -0.25) is 4.79 Å². The highest BCUT2D eigenvalue weighted by atomic mass is 31.2. The molecule has 16 aromatic rings. The maximum atomic E-state index is 15.0. The fourth-order valence-corrected chi connectivity index (χ4v) is 17.8. The van der Waals surface area contributed by atoms with Crippen molar-refractivity contribution in [2.45, 2.75) is 67.7 Å². The fraction of sp³-hybridized carbons (Fsp3) is 0.110. The van der Waals surface area contributed by atoms with Gasteiger partial charge in [0.1, 0.15) is 34.5 Å². The number of ketones is 1. The number of benzene rings is 16. The van der Waals surface area contributed by atoms with Crippen LogP contribution in [0.5, 0.6) is 34.5 Å². The number of para-hydroxylation sites is 1. The van der Waals surface area contributed by atoms with Crippen molar-refractivity contribution in [1.82, 2.24) is 0 Å². The van der Waals surface area contributed by atoms with Crippen molar-refractivity contribution >= 4 is 97.1 Å². The molecule has 0 fully saturated rings. The molecule has 1 unspecified atom stereocenters. The molecule has 1 atom stereocenters. The number of carbonyl (C=O) groups is 1. The van der Waals surface area contributed by atoms with E-state index in [1.54, 1.807) is 14.2 Å². The molecular formula is C109H97N4O6P. The summed E-state index contributed by atoms with van der Waals surface area (Å²) in [4.78, 5) is 22.1. The molecule has 120 heavy (non-hydrogen) atoms. The quantitative estimate of drug-likeness (QED) is 0.0431. The average Bonchev–Trinajstić information content (AvgIpc) is 1.62. The summed E-state index contributed by atoms with van der Waals surface area (Å²) < 4.78 is 38.6. The van der Waals surface area contributed by atoms with Crippen LogP contribution in [0.15, 0.2) is 388 Å². The molecule has 0 bridgehead atoms. The Hall–Kier alpha value is -14.2. The molecular weight excluding hydrogens is 1490 g/mol. The molecule has 11 heteroatoms. The van der Waals surface area contributed by atoms with Gasteiger partial charge in [0.05, 0.1) is 14.2 Å². The van der Waals surface area contributed by atoms with Crippen LogP contribution in [-0.2, 0) is 9.98 Å². The molecule has 16 rings (SSSR count).